The first kappa shape index (κ1) is 20.0. The Balaban J connectivity index is 1.59. The standard InChI is InChI=1S/C24H23FN4OS/c1-15-11-21(25)20(13-19(15)16(2)24-26-5-10-31-24)23-18-4-3-17(12-22(18)27-14-28-23)29-6-8-30-9-7-29/h3-5,10-14,16H,6-9H2,1-2H3. The van der Waals surface area contributed by atoms with Crippen LogP contribution in [-0.2, 0) is 4.74 Å². The van der Waals surface area contributed by atoms with Crippen molar-refractivity contribution in [2.24, 2.45) is 0 Å². The van der Waals surface area contributed by atoms with Crippen LogP contribution in [0.3, 0.4) is 0 Å². The van der Waals surface area contributed by atoms with Gasteiger partial charge in [0.25, 0.3) is 0 Å². The molecule has 158 valence electrons. The van der Waals surface area contributed by atoms with Gasteiger partial charge in [-0.05, 0) is 48.4 Å². The monoisotopic (exact) mass is 434 g/mol. The van der Waals surface area contributed by atoms with Gasteiger partial charge in [0.05, 0.1) is 29.4 Å². The van der Waals surface area contributed by atoms with E-state index in [0.29, 0.717) is 11.3 Å². The van der Waals surface area contributed by atoms with Crippen LogP contribution in [0.15, 0.2) is 48.2 Å². The molecule has 0 aliphatic carbocycles. The van der Waals surface area contributed by atoms with E-state index in [-0.39, 0.29) is 11.7 Å². The van der Waals surface area contributed by atoms with E-state index in [2.05, 4.69) is 38.9 Å². The average molecular weight is 435 g/mol. The average Bonchev–Trinajstić information content (AvgIpc) is 3.34. The summed E-state index contributed by atoms with van der Waals surface area (Å²) in [5.74, 6) is -0.190. The third-order valence-electron chi connectivity index (χ3n) is 5.90. The van der Waals surface area contributed by atoms with Gasteiger partial charge in [-0.3, -0.25) is 0 Å². The van der Waals surface area contributed by atoms with Gasteiger partial charge in [0.2, 0.25) is 0 Å². The summed E-state index contributed by atoms with van der Waals surface area (Å²) < 4.78 is 20.6. The summed E-state index contributed by atoms with van der Waals surface area (Å²) in [5.41, 5.74) is 4.99. The molecule has 31 heavy (non-hydrogen) atoms. The Morgan fingerprint density at radius 3 is 2.71 bits per heavy atom. The molecule has 2 aromatic heterocycles. The zero-order valence-corrected chi connectivity index (χ0v) is 18.3. The molecule has 5 rings (SSSR count). The summed E-state index contributed by atoms with van der Waals surface area (Å²) in [6, 6.07) is 9.64. The Morgan fingerprint density at radius 2 is 1.94 bits per heavy atom. The Bertz CT molecular complexity index is 1220. The Labute approximate surface area is 184 Å². The van der Waals surface area contributed by atoms with Crippen molar-refractivity contribution in [2.45, 2.75) is 19.8 Å². The number of thiazole rings is 1. The molecule has 0 N–H and O–H groups in total. The van der Waals surface area contributed by atoms with Crippen molar-refractivity contribution in [3.63, 3.8) is 0 Å². The van der Waals surface area contributed by atoms with Gasteiger partial charge in [-0.1, -0.05) is 6.92 Å². The van der Waals surface area contributed by atoms with E-state index in [4.69, 9.17) is 4.74 Å². The summed E-state index contributed by atoms with van der Waals surface area (Å²) in [6.07, 6.45) is 3.32. The molecule has 0 saturated carbocycles. The van der Waals surface area contributed by atoms with Gasteiger partial charge in [-0.15, -0.1) is 11.3 Å². The molecule has 3 heterocycles. The van der Waals surface area contributed by atoms with E-state index in [9.17, 15) is 0 Å². The second kappa shape index (κ2) is 8.32. The highest BCUT2D eigenvalue weighted by Gasteiger charge is 2.20. The van der Waals surface area contributed by atoms with Crippen molar-refractivity contribution in [1.82, 2.24) is 15.0 Å². The Kier molecular flexibility index (Phi) is 5.38. The maximum absolute atomic E-state index is 15.1. The summed E-state index contributed by atoms with van der Waals surface area (Å²) >= 11 is 1.61. The molecule has 1 unspecified atom stereocenters. The predicted molar refractivity (Wildman–Crippen MR) is 122 cm³/mol. The number of hydrogen-bond acceptors (Lipinski definition) is 6. The quantitative estimate of drug-likeness (QED) is 0.442. The maximum Gasteiger partial charge on any atom is 0.132 e. The van der Waals surface area contributed by atoms with Crippen LogP contribution >= 0.6 is 11.3 Å². The number of anilines is 1. The summed E-state index contributed by atoms with van der Waals surface area (Å²) in [4.78, 5) is 15.7. The molecule has 4 aromatic rings. The van der Waals surface area contributed by atoms with Crippen LogP contribution < -0.4 is 4.90 Å². The molecule has 0 spiro atoms. The lowest BCUT2D eigenvalue weighted by atomic mass is 9.92. The number of fused-ring (bicyclic) bond motifs is 1. The fourth-order valence-electron chi connectivity index (χ4n) is 4.20. The van der Waals surface area contributed by atoms with Crippen molar-refractivity contribution >= 4 is 27.9 Å². The van der Waals surface area contributed by atoms with Gasteiger partial charge in [-0.25, -0.2) is 19.3 Å². The van der Waals surface area contributed by atoms with Crippen LogP contribution in [0, 0.1) is 12.7 Å². The van der Waals surface area contributed by atoms with E-state index in [1.54, 1.807) is 23.6 Å². The number of morpholine rings is 1. The number of rotatable bonds is 4. The van der Waals surface area contributed by atoms with Crippen molar-refractivity contribution < 1.29 is 9.13 Å². The molecule has 1 aliphatic heterocycles. The number of hydrogen-bond donors (Lipinski definition) is 0. The molecular weight excluding hydrogens is 411 g/mol. The third kappa shape index (κ3) is 3.79. The van der Waals surface area contributed by atoms with Gasteiger partial charge >= 0.3 is 0 Å². The van der Waals surface area contributed by atoms with Crippen molar-refractivity contribution in [3.8, 4) is 11.3 Å². The first-order valence-electron chi connectivity index (χ1n) is 10.4. The Morgan fingerprint density at radius 1 is 1.10 bits per heavy atom. The van der Waals surface area contributed by atoms with Gasteiger partial charge in [0.15, 0.2) is 0 Å². The first-order valence-corrected chi connectivity index (χ1v) is 11.3. The van der Waals surface area contributed by atoms with Gasteiger partial charge in [0.1, 0.15) is 12.1 Å². The number of aromatic nitrogens is 3. The van der Waals surface area contributed by atoms with Crippen molar-refractivity contribution in [1.29, 1.82) is 0 Å². The van der Waals surface area contributed by atoms with Gasteiger partial charge in [-0.2, -0.15) is 0 Å². The minimum absolute atomic E-state index is 0.0837. The predicted octanol–water partition coefficient (Wildman–Crippen LogP) is 5.19. The highest BCUT2D eigenvalue weighted by atomic mass is 32.1. The minimum atomic E-state index is -0.273. The van der Waals surface area contributed by atoms with E-state index in [1.807, 2.05) is 24.4 Å². The molecule has 0 radical (unpaired) electrons. The summed E-state index contributed by atoms with van der Waals surface area (Å²) in [5, 5.41) is 3.83. The normalized spacial score (nSPS) is 15.4. The number of nitrogens with zero attached hydrogens (tertiary/aromatic N) is 4. The molecule has 0 amide bonds. The fourth-order valence-corrected chi connectivity index (χ4v) is 4.91. The second-order valence-electron chi connectivity index (χ2n) is 7.80. The van der Waals surface area contributed by atoms with E-state index < -0.39 is 0 Å². The first-order chi connectivity index (χ1) is 15.1. The molecule has 5 nitrogen and oxygen atoms in total. The Hall–Kier alpha value is -2.90. The molecule has 1 aliphatic rings. The highest BCUT2D eigenvalue weighted by molar-refractivity contribution is 7.09. The van der Waals surface area contributed by atoms with Gasteiger partial charge in [0, 0.05) is 47.2 Å². The lowest BCUT2D eigenvalue weighted by molar-refractivity contribution is 0.122. The maximum atomic E-state index is 15.1. The van der Waals surface area contributed by atoms with Crippen molar-refractivity contribution in [2.75, 3.05) is 31.2 Å². The van der Waals surface area contributed by atoms with Crippen LogP contribution in [0.4, 0.5) is 10.1 Å². The third-order valence-corrected chi connectivity index (χ3v) is 6.85. The van der Waals surface area contributed by atoms with Crippen LogP contribution in [0.25, 0.3) is 22.2 Å². The molecule has 2 aromatic carbocycles. The molecule has 0 bridgehead atoms. The second-order valence-corrected chi connectivity index (χ2v) is 8.73. The van der Waals surface area contributed by atoms with Crippen LogP contribution in [0.1, 0.15) is 29.0 Å². The lowest BCUT2D eigenvalue weighted by Gasteiger charge is -2.29. The highest BCUT2D eigenvalue weighted by Crippen LogP contribution is 2.35. The molecule has 7 heteroatoms. The number of benzene rings is 2. The van der Waals surface area contributed by atoms with Crippen LogP contribution in [0.5, 0.6) is 0 Å². The SMILES string of the molecule is Cc1cc(F)c(-c2ncnc3cc(N4CCOCC4)ccc23)cc1C(C)c1nccs1. The molecule has 1 atom stereocenters. The lowest BCUT2D eigenvalue weighted by Crippen LogP contribution is -2.36. The van der Waals surface area contributed by atoms with Crippen molar-refractivity contribution in [3.05, 3.63) is 70.2 Å². The largest absolute Gasteiger partial charge is 0.378 e. The zero-order valence-electron chi connectivity index (χ0n) is 17.5. The fraction of sp³-hybridized carbons (Fsp3) is 0.292. The molecule has 1 saturated heterocycles. The summed E-state index contributed by atoms with van der Waals surface area (Å²) in [6.45, 7) is 7.21. The smallest absolute Gasteiger partial charge is 0.132 e. The van der Waals surface area contributed by atoms with Crippen LogP contribution in [0.2, 0.25) is 0 Å². The molecule has 1 fully saturated rings. The van der Waals surface area contributed by atoms with E-state index in [1.165, 1.54) is 6.33 Å². The minimum Gasteiger partial charge on any atom is -0.378 e. The van der Waals surface area contributed by atoms with E-state index in [0.717, 1.165) is 59.0 Å². The number of ether oxygens (including phenoxy) is 1. The topological polar surface area (TPSA) is 51.1 Å². The summed E-state index contributed by atoms with van der Waals surface area (Å²) in [7, 11) is 0. The number of halogens is 1. The van der Waals surface area contributed by atoms with E-state index >= 15 is 4.39 Å². The zero-order chi connectivity index (χ0) is 21.4. The van der Waals surface area contributed by atoms with Crippen LogP contribution in [-0.4, -0.2) is 41.3 Å². The number of aryl methyl sites for hydroxylation is 1. The van der Waals surface area contributed by atoms with Gasteiger partial charge < -0.3 is 9.64 Å². The molecular formula is C24H23FN4OS.